The molecule has 1 amide bonds. The summed E-state index contributed by atoms with van der Waals surface area (Å²) in [6.45, 7) is 2.35. The fourth-order valence-electron chi connectivity index (χ4n) is 2.81. The van der Waals surface area contributed by atoms with Gasteiger partial charge in [0.25, 0.3) is 0 Å². The molecule has 0 saturated carbocycles. The quantitative estimate of drug-likeness (QED) is 0.570. The van der Waals surface area contributed by atoms with Crippen LogP contribution in [0, 0.1) is 5.82 Å². The number of thioether (sulfide) groups is 1. The summed E-state index contributed by atoms with van der Waals surface area (Å²) in [5.41, 5.74) is 1.93. The van der Waals surface area contributed by atoms with Gasteiger partial charge >= 0.3 is 0 Å². The number of carbonyl (C=O) groups is 1. The van der Waals surface area contributed by atoms with Crippen molar-refractivity contribution in [1.29, 1.82) is 0 Å². The Bertz CT molecular complexity index is 848. The largest absolute Gasteiger partial charge is 0.336 e. The molecule has 0 aliphatic rings. The fraction of sp³-hybridized carbons (Fsp3) is 0.238. The number of benzene rings is 2. The summed E-state index contributed by atoms with van der Waals surface area (Å²) in [4.78, 5) is 16.4. The summed E-state index contributed by atoms with van der Waals surface area (Å²) < 4.78 is 15.2. The molecule has 1 heterocycles. The van der Waals surface area contributed by atoms with E-state index in [1.54, 1.807) is 18.0 Å². The van der Waals surface area contributed by atoms with Crippen molar-refractivity contribution in [2.24, 2.45) is 0 Å². The van der Waals surface area contributed by atoms with Crippen molar-refractivity contribution in [3.63, 3.8) is 0 Å². The summed E-state index contributed by atoms with van der Waals surface area (Å²) in [5.74, 6) is -0.282. The van der Waals surface area contributed by atoms with Crippen molar-refractivity contribution in [2.45, 2.75) is 36.5 Å². The number of carbonyl (C=O) groups excluding carboxylic acids is 1. The van der Waals surface area contributed by atoms with E-state index in [-0.39, 0.29) is 11.7 Å². The lowest BCUT2D eigenvalue weighted by molar-refractivity contribution is -0.114. The second kappa shape index (κ2) is 9.37. The maximum Gasteiger partial charge on any atom is 0.221 e. The molecule has 0 aliphatic carbocycles. The third kappa shape index (κ3) is 6.25. The lowest BCUT2D eigenvalue weighted by atomic mass is 10.1. The number of hydrogen-bond acceptors (Lipinski definition) is 3. The third-order valence-electron chi connectivity index (χ3n) is 4.12. The van der Waals surface area contributed by atoms with Gasteiger partial charge in [-0.15, -0.1) is 11.8 Å². The summed E-state index contributed by atoms with van der Waals surface area (Å²) in [6, 6.07) is 14.6. The van der Waals surface area contributed by atoms with Crippen molar-refractivity contribution < 1.29 is 9.18 Å². The average Bonchev–Trinajstić information content (AvgIpc) is 3.15. The van der Waals surface area contributed by atoms with Crippen LogP contribution in [0.15, 0.2) is 72.1 Å². The van der Waals surface area contributed by atoms with E-state index in [0.29, 0.717) is 5.25 Å². The smallest absolute Gasteiger partial charge is 0.221 e. The Morgan fingerprint density at radius 2 is 1.93 bits per heavy atom. The van der Waals surface area contributed by atoms with Gasteiger partial charge in [0.2, 0.25) is 5.91 Å². The highest BCUT2D eigenvalue weighted by atomic mass is 32.2. The zero-order valence-electron chi connectivity index (χ0n) is 15.1. The molecule has 27 heavy (non-hydrogen) atoms. The van der Waals surface area contributed by atoms with E-state index in [2.05, 4.69) is 14.9 Å². The molecule has 2 aromatic carbocycles. The Morgan fingerprint density at radius 3 is 2.56 bits per heavy atom. The van der Waals surface area contributed by atoms with Crippen LogP contribution in [0.1, 0.15) is 18.9 Å². The number of nitrogens with one attached hydrogen (secondary N) is 1. The van der Waals surface area contributed by atoms with Crippen LogP contribution in [0.5, 0.6) is 0 Å². The van der Waals surface area contributed by atoms with Gasteiger partial charge < -0.3 is 9.88 Å². The number of rotatable bonds is 8. The van der Waals surface area contributed by atoms with Gasteiger partial charge in [-0.25, -0.2) is 9.37 Å². The molecule has 140 valence electrons. The van der Waals surface area contributed by atoms with E-state index in [0.717, 1.165) is 35.5 Å². The topological polar surface area (TPSA) is 46.9 Å². The van der Waals surface area contributed by atoms with Crippen LogP contribution in [0.2, 0.25) is 0 Å². The lowest BCUT2D eigenvalue weighted by Crippen LogP contribution is -2.13. The first-order chi connectivity index (χ1) is 13.1. The van der Waals surface area contributed by atoms with E-state index in [4.69, 9.17) is 0 Å². The van der Waals surface area contributed by atoms with E-state index in [9.17, 15) is 9.18 Å². The van der Waals surface area contributed by atoms with E-state index in [1.165, 1.54) is 19.1 Å². The zero-order valence-corrected chi connectivity index (χ0v) is 16.0. The number of halogens is 1. The molecule has 1 N–H and O–H groups in total. The third-order valence-corrected chi connectivity index (χ3v) is 5.38. The Hall–Kier alpha value is -2.60. The predicted octanol–water partition coefficient (Wildman–Crippen LogP) is 4.77. The normalized spacial score (nSPS) is 11.9. The highest BCUT2D eigenvalue weighted by Crippen LogP contribution is 2.29. The summed E-state index contributed by atoms with van der Waals surface area (Å²) >= 11 is 1.80. The number of imidazole rings is 1. The van der Waals surface area contributed by atoms with Gasteiger partial charge in [0.1, 0.15) is 5.82 Å². The van der Waals surface area contributed by atoms with Crippen molar-refractivity contribution in [3.8, 4) is 0 Å². The Labute approximate surface area is 162 Å². The van der Waals surface area contributed by atoms with Crippen molar-refractivity contribution in [2.75, 3.05) is 5.32 Å². The van der Waals surface area contributed by atoms with Crippen LogP contribution in [-0.2, 0) is 17.8 Å². The molecule has 1 aromatic heterocycles. The maximum absolute atomic E-state index is 13.1. The molecular weight excluding hydrogens is 361 g/mol. The number of anilines is 1. The molecule has 0 bridgehead atoms. The van der Waals surface area contributed by atoms with Gasteiger partial charge in [0, 0.05) is 41.7 Å². The van der Waals surface area contributed by atoms with Crippen molar-refractivity contribution in [3.05, 3.63) is 78.6 Å². The zero-order chi connectivity index (χ0) is 19.1. The fourth-order valence-corrected chi connectivity index (χ4v) is 3.97. The Kier molecular flexibility index (Phi) is 6.65. The molecule has 3 rings (SSSR count). The van der Waals surface area contributed by atoms with Gasteiger partial charge in [0.15, 0.2) is 0 Å². The van der Waals surface area contributed by atoms with Crippen LogP contribution < -0.4 is 5.32 Å². The molecule has 4 nitrogen and oxygen atoms in total. The summed E-state index contributed by atoms with van der Waals surface area (Å²) in [6.07, 6.45) is 7.42. The monoisotopic (exact) mass is 383 g/mol. The molecule has 0 fully saturated rings. The molecule has 3 aromatic rings. The van der Waals surface area contributed by atoms with E-state index >= 15 is 0 Å². The van der Waals surface area contributed by atoms with Gasteiger partial charge in [-0.1, -0.05) is 12.1 Å². The molecule has 0 spiro atoms. The second-order valence-corrected chi connectivity index (χ2v) is 7.74. The van der Waals surface area contributed by atoms with Crippen molar-refractivity contribution in [1.82, 2.24) is 9.55 Å². The molecule has 0 aliphatic heterocycles. The van der Waals surface area contributed by atoms with Crippen LogP contribution in [0.4, 0.5) is 10.1 Å². The van der Waals surface area contributed by atoms with Gasteiger partial charge in [-0.05, 0) is 54.8 Å². The lowest BCUT2D eigenvalue weighted by Gasteiger charge is -2.17. The van der Waals surface area contributed by atoms with Gasteiger partial charge in [0.05, 0.1) is 6.33 Å². The van der Waals surface area contributed by atoms with Crippen LogP contribution in [0.3, 0.4) is 0 Å². The maximum atomic E-state index is 13.1. The van der Waals surface area contributed by atoms with Gasteiger partial charge in [-0.2, -0.15) is 0 Å². The molecule has 0 saturated heterocycles. The number of aromatic nitrogens is 2. The molecular formula is C21H22FN3OS. The number of amides is 1. The van der Waals surface area contributed by atoms with E-state index < -0.39 is 0 Å². The van der Waals surface area contributed by atoms with E-state index in [1.807, 2.05) is 48.9 Å². The molecule has 0 radical (unpaired) electrons. The highest BCUT2D eigenvalue weighted by Gasteiger charge is 2.12. The second-order valence-electron chi connectivity index (χ2n) is 6.37. The summed E-state index contributed by atoms with van der Waals surface area (Å²) in [7, 11) is 0. The minimum absolute atomic E-state index is 0.0762. The first-order valence-corrected chi connectivity index (χ1v) is 9.71. The summed E-state index contributed by atoms with van der Waals surface area (Å²) in [5, 5.41) is 3.13. The van der Waals surface area contributed by atoms with Crippen LogP contribution in [-0.4, -0.2) is 20.7 Å². The number of aryl methyl sites for hydroxylation is 1. The van der Waals surface area contributed by atoms with Crippen LogP contribution >= 0.6 is 11.8 Å². The van der Waals surface area contributed by atoms with Crippen molar-refractivity contribution >= 4 is 23.4 Å². The SMILES string of the molecule is CC(=O)Nc1ccc(SC(CCc2ccc(F)cc2)Cn2ccnc2)cc1. The minimum Gasteiger partial charge on any atom is -0.336 e. The Morgan fingerprint density at radius 1 is 1.19 bits per heavy atom. The average molecular weight is 383 g/mol. The minimum atomic E-state index is -0.206. The number of nitrogens with zero attached hydrogens (tertiary/aromatic N) is 2. The first-order valence-electron chi connectivity index (χ1n) is 8.83. The standard InChI is InChI=1S/C21H22FN3OS/c1-16(26)24-19-7-10-20(11-8-19)27-21(14-25-13-12-23-15-25)9-4-17-2-5-18(22)6-3-17/h2-3,5-8,10-13,15,21H,4,9,14H2,1H3,(H,24,26). The predicted molar refractivity (Wildman–Crippen MR) is 107 cm³/mol. The molecule has 1 unspecified atom stereocenters. The molecule has 1 atom stereocenters. The number of hydrogen-bond donors (Lipinski definition) is 1. The van der Waals surface area contributed by atoms with Crippen LogP contribution in [0.25, 0.3) is 0 Å². The van der Waals surface area contributed by atoms with Gasteiger partial charge in [-0.3, -0.25) is 4.79 Å². The first kappa shape index (κ1) is 19.2. The Balaban J connectivity index is 1.65. The molecule has 6 heteroatoms. The highest BCUT2D eigenvalue weighted by molar-refractivity contribution is 8.00.